The molecule has 0 atom stereocenters. The first-order valence-electron chi connectivity index (χ1n) is 7.76. The molecule has 112 valence electrons. The van der Waals surface area contributed by atoms with E-state index in [-0.39, 0.29) is 5.56 Å². The van der Waals surface area contributed by atoms with Crippen LogP contribution in [0.4, 0.5) is 0 Å². The summed E-state index contributed by atoms with van der Waals surface area (Å²) in [4.78, 5) is 17.5. The van der Waals surface area contributed by atoms with Crippen LogP contribution in [0.15, 0.2) is 71.5 Å². The first-order chi connectivity index (χ1) is 11.3. The second kappa shape index (κ2) is 5.36. The molecule has 0 N–H and O–H groups in total. The minimum atomic E-state index is 0.00832. The van der Waals surface area contributed by atoms with E-state index in [2.05, 4.69) is 4.98 Å². The molecule has 0 saturated carbocycles. The summed E-state index contributed by atoms with van der Waals surface area (Å²) in [7, 11) is 0. The molecule has 0 aliphatic carbocycles. The summed E-state index contributed by atoms with van der Waals surface area (Å²) < 4.78 is 1.81. The molecule has 0 aliphatic heterocycles. The molecule has 3 heteroatoms. The molecule has 0 aliphatic rings. The SMILES string of the molecule is CCn1c(=O)c(-c2ccc3ccccc3n2)cc2ccccc21. The van der Waals surface area contributed by atoms with Crippen molar-refractivity contribution in [3.05, 3.63) is 77.1 Å². The van der Waals surface area contributed by atoms with Crippen molar-refractivity contribution in [2.45, 2.75) is 13.5 Å². The Morgan fingerprint density at radius 2 is 1.65 bits per heavy atom. The largest absolute Gasteiger partial charge is 0.308 e. The van der Waals surface area contributed by atoms with Gasteiger partial charge in [0.2, 0.25) is 0 Å². The fraction of sp³-hybridized carbons (Fsp3) is 0.100. The minimum absolute atomic E-state index is 0.00832. The smallest absolute Gasteiger partial charge is 0.260 e. The molecular weight excluding hydrogens is 284 g/mol. The first kappa shape index (κ1) is 13.7. The Bertz CT molecular complexity index is 1080. The standard InChI is InChI=1S/C20H16N2O/c1-2-22-19-10-6-4-8-15(19)13-16(20(22)23)18-12-11-14-7-3-5-9-17(14)21-18/h3-13H,2H2,1H3. The zero-order valence-electron chi connectivity index (χ0n) is 12.9. The Morgan fingerprint density at radius 1 is 0.913 bits per heavy atom. The Balaban J connectivity index is 2.03. The van der Waals surface area contributed by atoms with E-state index in [4.69, 9.17) is 0 Å². The minimum Gasteiger partial charge on any atom is -0.308 e. The van der Waals surface area contributed by atoms with Crippen LogP contribution in [-0.2, 0) is 6.54 Å². The molecule has 0 amide bonds. The van der Waals surface area contributed by atoms with E-state index >= 15 is 0 Å². The Labute approximate surface area is 133 Å². The summed E-state index contributed by atoms with van der Waals surface area (Å²) in [6, 6.07) is 21.8. The highest BCUT2D eigenvalue weighted by atomic mass is 16.1. The first-order valence-corrected chi connectivity index (χ1v) is 7.76. The molecule has 4 rings (SSSR count). The summed E-state index contributed by atoms with van der Waals surface area (Å²) in [5, 5.41) is 2.13. The molecule has 0 radical (unpaired) electrons. The summed E-state index contributed by atoms with van der Waals surface area (Å²) >= 11 is 0. The maximum Gasteiger partial charge on any atom is 0.260 e. The summed E-state index contributed by atoms with van der Waals surface area (Å²) in [5.74, 6) is 0. The van der Waals surface area contributed by atoms with Gasteiger partial charge in [-0.25, -0.2) is 4.98 Å². The van der Waals surface area contributed by atoms with Crippen molar-refractivity contribution < 1.29 is 0 Å². The molecule has 0 spiro atoms. The van der Waals surface area contributed by atoms with E-state index in [9.17, 15) is 4.79 Å². The van der Waals surface area contributed by atoms with E-state index in [0.29, 0.717) is 12.1 Å². The van der Waals surface area contributed by atoms with Crippen molar-refractivity contribution in [3.63, 3.8) is 0 Å². The van der Waals surface area contributed by atoms with E-state index < -0.39 is 0 Å². The second-order valence-electron chi connectivity index (χ2n) is 5.56. The zero-order valence-corrected chi connectivity index (χ0v) is 12.9. The molecule has 3 nitrogen and oxygen atoms in total. The van der Waals surface area contributed by atoms with Crippen molar-refractivity contribution in [1.29, 1.82) is 0 Å². The lowest BCUT2D eigenvalue weighted by Crippen LogP contribution is -2.21. The van der Waals surface area contributed by atoms with Gasteiger partial charge in [-0.05, 0) is 36.6 Å². The monoisotopic (exact) mass is 300 g/mol. The fourth-order valence-electron chi connectivity index (χ4n) is 3.04. The van der Waals surface area contributed by atoms with Crippen LogP contribution in [0, 0.1) is 0 Å². The number of aromatic nitrogens is 2. The van der Waals surface area contributed by atoms with E-state index in [1.54, 1.807) is 0 Å². The molecule has 0 saturated heterocycles. The van der Waals surface area contributed by atoms with Gasteiger partial charge in [0.1, 0.15) is 0 Å². The number of benzene rings is 2. The highest BCUT2D eigenvalue weighted by Gasteiger charge is 2.11. The number of pyridine rings is 2. The van der Waals surface area contributed by atoms with Gasteiger partial charge in [-0.3, -0.25) is 4.79 Å². The third kappa shape index (κ3) is 2.21. The van der Waals surface area contributed by atoms with Crippen molar-refractivity contribution in [1.82, 2.24) is 9.55 Å². The number of hydrogen-bond donors (Lipinski definition) is 0. The van der Waals surface area contributed by atoms with Crippen molar-refractivity contribution in [2.24, 2.45) is 0 Å². The molecular formula is C20H16N2O. The number of fused-ring (bicyclic) bond motifs is 2. The number of rotatable bonds is 2. The summed E-state index contributed by atoms with van der Waals surface area (Å²) in [6.07, 6.45) is 0. The molecule has 2 aromatic carbocycles. The van der Waals surface area contributed by atoms with Crippen LogP contribution in [0.25, 0.3) is 33.1 Å². The number of nitrogens with zero attached hydrogens (tertiary/aromatic N) is 2. The van der Waals surface area contributed by atoms with Gasteiger partial charge in [0.05, 0.1) is 22.3 Å². The summed E-state index contributed by atoms with van der Waals surface area (Å²) in [6.45, 7) is 2.63. The predicted octanol–water partition coefficient (Wildman–Crippen LogP) is 4.24. The Morgan fingerprint density at radius 3 is 2.48 bits per heavy atom. The number of para-hydroxylation sites is 2. The van der Waals surface area contributed by atoms with Gasteiger partial charge in [0, 0.05) is 11.9 Å². The highest BCUT2D eigenvalue weighted by Crippen LogP contribution is 2.22. The van der Waals surface area contributed by atoms with Gasteiger partial charge < -0.3 is 4.57 Å². The molecule has 0 unspecified atom stereocenters. The van der Waals surface area contributed by atoms with Gasteiger partial charge >= 0.3 is 0 Å². The van der Waals surface area contributed by atoms with Crippen LogP contribution >= 0.6 is 0 Å². The maximum atomic E-state index is 12.9. The fourth-order valence-corrected chi connectivity index (χ4v) is 3.04. The number of aryl methyl sites for hydroxylation is 1. The quantitative estimate of drug-likeness (QED) is 0.555. The van der Waals surface area contributed by atoms with E-state index in [1.807, 2.05) is 78.2 Å². The average molecular weight is 300 g/mol. The van der Waals surface area contributed by atoms with Crippen molar-refractivity contribution in [3.8, 4) is 11.3 Å². The van der Waals surface area contributed by atoms with Crippen LogP contribution in [-0.4, -0.2) is 9.55 Å². The molecule has 23 heavy (non-hydrogen) atoms. The Kier molecular flexibility index (Phi) is 3.19. The second-order valence-corrected chi connectivity index (χ2v) is 5.56. The molecule has 0 fully saturated rings. The lowest BCUT2D eigenvalue weighted by molar-refractivity contribution is 0.761. The van der Waals surface area contributed by atoms with Crippen molar-refractivity contribution >= 4 is 21.8 Å². The zero-order chi connectivity index (χ0) is 15.8. The van der Waals surface area contributed by atoms with Gasteiger partial charge in [0.15, 0.2) is 0 Å². The average Bonchev–Trinajstić information content (AvgIpc) is 2.61. The topological polar surface area (TPSA) is 34.9 Å². The van der Waals surface area contributed by atoms with Gasteiger partial charge in [-0.15, -0.1) is 0 Å². The predicted molar refractivity (Wildman–Crippen MR) is 94.6 cm³/mol. The third-order valence-corrected chi connectivity index (χ3v) is 4.19. The normalized spacial score (nSPS) is 11.2. The number of hydrogen-bond acceptors (Lipinski definition) is 2. The lowest BCUT2D eigenvalue weighted by atomic mass is 10.1. The molecule has 4 aromatic rings. The summed E-state index contributed by atoms with van der Waals surface area (Å²) in [5.41, 5.74) is 3.25. The molecule has 2 heterocycles. The molecule has 0 bridgehead atoms. The van der Waals surface area contributed by atoms with Gasteiger partial charge in [-0.1, -0.05) is 42.5 Å². The van der Waals surface area contributed by atoms with Crippen LogP contribution in [0.3, 0.4) is 0 Å². The van der Waals surface area contributed by atoms with E-state index in [1.165, 1.54) is 0 Å². The molecule has 2 aromatic heterocycles. The van der Waals surface area contributed by atoms with Crippen LogP contribution in [0.1, 0.15) is 6.92 Å². The van der Waals surface area contributed by atoms with E-state index in [0.717, 1.165) is 27.5 Å². The van der Waals surface area contributed by atoms with Crippen molar-refractivity contribution in [2.75, 3.05) is 0 Å². The maximum absolute atomic E-state index is 12.9. The third-order valence-electron chi connectivity index (χ3n) is 4.19. The Hall–Kier alpha value is -2.94. The highest BCUT2D eigenvalue weighted by molar-refractivity contribution is 5.86. The lowest BCUT2D eigenvalue weighted by Gasteiger charge is -2.11. The van der Waals surface area contributed by atoms with Crippen LogP contribution in [0.5, 0.6) is 0 Å². The van der Waals surface area contributed by atoms with Crippen LogP contribution < -0.4 is 5.56 Å². The van der Waals surface area contributed by atoms with Gasteiger partial charge in [-0.2, -0.15) is 0 Å². The van der Waals surface area contributed by atoms with Gasteiger partial charge in [0.25, 0.3) is 5.56 Å². The van der Waals surface area contributed by atoms with Crippen LogP contribution in [0.2, 0.25) is 0 Å².